The van der Waals surface area contributed by atoms with Gasteiger partial charge in [0.25, 0.3) is 5.56 Å². The SMILES string of the molecule is COc1cccc([C@@H](C)NCCn2ccccc2=O)c1. The highest BCUT2D eigenvalue weighted by molar-refractivity contribution is 5.30. The monoisotopic (exact) mass is 272 g/mol. The van der Waals surface area contributed by atoms with E-state index in [-0.39, 0.29) is 11.6 Å². The van der Waals surface area contributed by atoms with Crippen molar-refractivity contribution in [2.75, 3.05) is 13.7 Å². The first-order valence-corrected chi connectivity index (χ1v) is 6.73. The molecule has 0 saturated heterocycles. The van der Waals surface area contributed by atoms with E-state index in [1.54, 1.807) is 30.0 Å². The number of hydrogen-bond donors (Lipinski definition) is 1. The van der Waals surface area contributed by atoms with Crippen molar-refractivity contribution >= 4 is 0 Å². The van der Waals surface area contributed by atoms with Gasteiger partial charge in [-0.1, -0.05) is 18.2 Å². The zero-order valence-electron chi connectivity index (χ0n) is 11.9. The van der Waals surface area contributed by atoms with Crippen LogP contribution >= 0.6 is 0 Å². The van der Waals surface area contributed by atoms with Gasteiger partial charge in [0.15, 0.2) is 0 Å². The van der Waals surface area contributed by atoms with Gasteiger partial charge >= 0.3 is 0 Å². The molecule has 1 atom stereocenters. The molecule has 0 saturated carbocycles. The van der Waals surface area contributed by atoms with Crippen LogP contribution in [0.15, 0.2) is 53.5 Å². The van der Waals surface area contributed by atoms with E-state index in [2.05, 4.69) is 18.3 Å². The minimum absolute atomic E-state index is 0.0309. The van der Waals surface area contributed by atoms with Gasteiger partial charge < -0.3 is 14.6 Å². The lowest BCUT2D eigenvalue weighted by molar-refractivity contribution is 0.413. The molecular formula is C16H20N2O2. The molecule has 0 radical (unpaired) electrons. The summed E-state index contributed by atoms with van der Waals surface area (Å²) in [5.41, 5.74) is 1.20. The van der Waals surface area contributed by atoms with Gasteiger partial charge in [0, 0.05) is 31.4 Å². The van der Waals surface area contributed by atoms with Crippen LogP contribution in [0.4, 0.5) is 0 Å². The van der Waals surface area contributed by atoms with Crippen molar-refractivity contribution in [3.63, 3.8) is 0 Å². The number of rotatable bonds is 6. The first-order chi connectivity index (χ1) is 9.70. The van der Waals surface area contributed by atoms with E-state index in [4.69, 9.17) is 4.74 Å². The van der Waals surface area contributed by atoms with Gasteiger partial charge in [0.2, 0.25) is 0 Å². The third-order valence-electron chi connectivity index (χ3n) is 3.30. The third kappa shape index (κ3) is 3.71. The second kappa shape index (κ2) is 6.91. The van der Waals surface area contributed by atoms with Gasteiger partial charge in [-0.05, 0) is 30.7 Å². The van der Waals surface area contributed by atoms with Crippen molar-refractivity contribution < 1.29 is 4.74 Å². The van der Waals surface area contributed by atoms with Gasteiger partial charge in [-0.3, -0.25) is 4.79 Å². The molecule has 2 rings (SSSR count). The molecule has 0 aliphatic heterocycles. The second-order valence-electron chi connectivity index (χ2n) is 4.68. The maximum atomic E-state index is 11.6. The van der Waals surface area contributed by atoms with E-state index in [1.165, 1.54) is 5.56 Å². The van der Waals surface area contributed by atoms with Gasteiger partial charge in [0.05, 0.1) is 7.11 Å². The molecule has 4 nitrogen and oxygen atoms in total. The number of pyridine rings is 1. The molecule has 1 aromatic heterocycles. The van der Waals surface area contributed by atoms with Crippen LogP contribution in [0.3, 0.4) is 0 Å². The maximum Gasteiger partial charge on any atom is 0.250 e. The highest BCUT2D eigenvalue weighted by Gasteiger charge is 2.05. The largest absolute Gasteiger partial charge is 0.497 e. The molecule has 106 valence electrons. The van der Waals surface area contributed by atoms with Crippen LogP contribution in [-0.2, 0) is 6.54 Å². The minimum atomic E-state index is 0.0309. The fraction of sp³-hybridized carbons (Fsp3) is 0.312. The first kappa shape index (κ1) is 14.3. The summed E-state index contributed by atoms with van der Waals surface area (Å²) in [7, 11) is 1.67. The van der Waals surface area contributed by atoms with Crippen molar-refractivity contribution in [3.8, 4) is 5.75 Å². The molecule has 0 aliphatic rings. The number of ether oxygens (including phenoxy) is 1. The molecule has 1 N–H and O–H groups in total. The minimum Gasteiger partial charge on any atom is -0.497 e. The van der Waals surface area contributed by atoms with Crippen LogP contribution in [-0.4, -0.2) is 18.2 Å². The van der Waals surface area contributed by atoms with Gasteiger partial charge in [-0.15, -0.1) is 0 Å². The summed E-state index contributed by atoms with van der Waals surface area (Å²) < 4.78 is 6.92. The summed E-state index contributed by atoms with van der Waals surface area (Å²) in [4.78, 5) is 11.6. The van der Waals surface area contributed by atoms with Crippen LogP contribution in [0.5, 0.6) is 5.75 Å². The predicted molar refractivity (Wildman–Crippen MR) is 80.1 cm³/mol. The molecule has 0 unspecified atom stereocenters. The van der Waals surface area contributed by atoms with Crippen LogP contribution in [0.25, 0.3) is 0 Å². The van der Waals surface area contributed by atoms with Crippen LogP contribution in [0.1, 0.15) is 18.5 Å². The standard InChI is InChI=1S/C16H20N2O2/c1-13(14-6-5-7-15(12-14)20-2)17-9-11-18-10-4-3-8-16(18)19/h3-8,10,12-13,17H,9,11H2,1-2H3/t13-/m1/s1. The fourth-order valence-corrected chi connectivity index (χ4v) is 2.08. The fourth-order valence-electron chi connectivity index (χ4n) is 2.08. The average Bonchev–Trinajstić information content (AvgIpc) is 2.49. The van der Waals surface area contributed by atoms with E-state index in [0.29, 0.717) is 6.54 Å². The normalized spacial score (nSPS) is 12.1. The molecule has 1 heterocycles. The molecular weight excluding hydrogens is 252 g/mol. The van der Waals surface area contributed by atoms with Crippen molar-refractivity contribution in [1.82, 2.24) is 9.88 Å². The number of benzene rings is 1. The summed E-state index contributed by atoms with van der Waals surface area (Å²) in [5, 5.41) is 3.41. The number of nitrogens with one attached hydrogen (secondary N) is 1. The Kier molecular flexibility index (Phi) is 4.96. The lowest BCUT2D eigenvalue weighted by Crippen LogP contribution is -2.27. The summed E-state index contributed by atoms with van der Waals surface area (Å²) in [6.07, 6.45) is 1.81. The third-order valence-corrected chi connectivity index (χ3v) is 3.30. The molecule has 0 aliphatic carbocycles. The lowest BCUT2D eigenvalue weighted by Gasteiger charge is -2.15. The van der Waals surface area contributed by atoms with E-state index < -0.39 is 0 Å². The second-order valence-corrected chi connectivity index (χ2v) is 4.68. The van der Waals surface area contributed by atoms with Gasteiger partial charge in [0.1, 0.15) is 5.75 Å². The Bertz CT molecular complexity index is 607. The number of nitrogens with zero attached hydrogens (tertiary/aromatic N) is 1. The Morgan fingerprint density at radius 3 is 2.85 bits per heavy atom. The zero-order valence-corrected chi connectivity index (χ0v) is 11.9. The number of methoxy groups -OCH3 is 1. The average molecular weight is 272 g/mol. The van der Waals surface area contributed by atoms with Crippen molar-refractivity contribution in [1.29, 1.82) is 0 Å². The molecule has 1 aromatic carbocycles. The summed E-state index contributed by atoms with van der Waals surface area (Å²) in [6.45, 7) is 3.50. The number of hydrogen-bond acceptors (Lipinski definition) is 3. The Hall–Kier alpha value is -2.07. The Morgan fingerprint density at radius 1 is 1.25 bits per heavy atom. The Morgan fingerprint density at radius 2 is 2.10 bits per heavy atom. The molecule has 0 bridgehead atoms. The summed E-state index contributed by atoms with van der Waals surface area (Å²) >= 11 is 0. The van der Waals surface area contributed by atoms with E-state index in [1.807, 2.05) is 24.3 Å². The maximum absolute atomic E-state index is 11.6. The van der Waals surface area contributed by atoms with E-state index >= 15 is 0 Å². The van der Waals surface area contributed by atoms with Crippen LogP contribution in [0.2, 0.25) is 0 Å². The van der Waals surface area contributed by atoms with Crippen molar-refractivity contribution in [3.05, 3.63) is 64.6 Å². The van der Waals surface area contributed by atoms with Crippen LogP contribution in [0, 0.1) is 0 Å². The Labute approximate surface area is 119 Å². The number of aromatic nitrogens is 1. The van der Waals surface area contributed by atoms with E-state index in [0.717, 1.165) is 12.3 Å². The summed E-state index contributed by atoms with van der Waals surface area (Å²) in [5.74, 6) is 0.857. The highest BCUT2D eigenvalue weighted by Crippen LogP contribution is 2.18. The van der Waals surface area contributed by atoms with E-state index in [9.17, 15) is 4.79 Å². The zero-order chi connectivity index (χ0) is 14.4. The molecule has 2 aromatic rings. The van der Waals surface area contributed by atoms with Gasteiger partial charge in [-0.2, -0.15) is 0 Å². The molecule has 0 amide bonds. The molecule has 4 heteroatoms. The topological polar surface area (TPSA) is 43.3 Å². The summed E-state index contributed by atoms with van der Waals surface area (Å²) in [6, 6.07) is 13.4. The molecule has 20 heavy (non-hydrogen) atoms. The van der Waals surface area contributed by atoms with Crippen molar-refractivity contribution in [2.24, 2.45) is 0 Å². The smallest absolute Gasteiger partial charge is 0.250 e. The molecule has 0 fully saturated rings. The first-order valence-electron chi connectivity index (χ1n) is 6.73. The molecule has 0 spiro atoms. The van der Waals surface area contributed by atoms with Gasteiger partial charge in [-0.25, -0.2) is 0 Å². The van der Waals surface area contributed by atoms with Crippen molar-refractivity contribution in [2.45, 2.75) is 19.5 Å². The Balaban J connectivity index is 1.90. The quantitative estimate of drug-likeness (QED) is 0.876. The lowest BCUT2D eigenvalue weighted by atomic mass is 10.1. The predicted octanol–water partition coefficient (Wildman–Crippen LogP) is 2.21. The van der Waals surface area contributed by atoms with Crippen LogP contribution < -0.4 is 15.6 Å². The highest BCUT2D eigenvalue weighted by atomic mass is 16.5.